The first-order valence-electron chi connectivity index (χ1n) is 8.51. The number of anilines is 1. The molecule has 0 saturated carbocycles. The quantitative estimate of drug-likeness (QED) is 0.716. The summed E-state index contributed by atoms with van der Waals surface area (Å²) in [4.78, 5) is 26.0. The Morgan fingerprint density at radius 3 is 2.81 bits per heavy atom. The van der Waals surface area contributed by atoms with Crippen LogP contribution in [0.4, 0.5) is 5.88 Å². The van der Waals surface area contributed by atoms with Crippen LogP contribution in [0.3, 0.4) is 0 Å². The normalized spacial score (nSPS) is 15.5. The first-order valence-corrected chi connectivity index (χ1v) is 9.49. The second-order valence-corrected chi connectivity index (χ2v) is 7.04. The molecule has 1 aromatic carbocycles. The highest BCUT2D eigenvalue weighted by molar-refractivity contribution is 8.14. The SMILES string of the molecule is C[C@H](CSC(=O)c1ccccc1)C(=O)Nc1c[n+](N2CCNCC2)no1. The molecule has 3 rings (SSSR count). The van der Waals surface area contributed by atoms with E-state index in [2.05, 4.69) is 15.9 Å². The average Bonchev–Trinajstić information content (AvgIpc) is 3.15. The first-order chi connectivity index (χ1) is 12.6. The summed E-state index contributed by atoms with van der Waals surface area (Å²) in [5.74, 6) is 0.137. The smallest absolute Gasteiger partial charge is 0.305 e. The summed E-state index contributed by atoms with van der Waals surface area (Å²) < 4.78 is 5.18. The largest absolute Gasteiger partial charge is 0.313 e. The van der Waals surface area contributed by atoms with Gasteiger partial charge in [-0.15, -0.1) is 0 Å². The van der Waals surface area contributed by atoms with Crippen molar-refractivity contribution in [2.75, 3.05) is 42.3 Å². The molecule has 26 heavy (non-hydrogen) atoms. The second-order valence-electron chi connectivity index (χ2n) is 6.05. The second kappa shape index (κ2) is 8.81. The molecule has 8 nitrogen and oxygen atoms in total. The molecule has 1 aliphatic heterocycles. The van der Waals surface area contributed by atoms with Gasteiger partial charge in [-0.05, 0) is 0 Å². The standard InChI is InChI=1S/C17H21N5O3S/c1-13(12-26-17(24)14-5-3-2-4-6-14)16(23)19-15-11-22(20-25-15)21-9-7-18-8-10-21/h2-6,11,13,18H,7-10,12H2,1H3/p+1/t13-/m1/s1. The van der Waals surface area contributed by atoms with E-state index in [1.165, 1.54) is 0 Å². The molecular weight excluding hydrogens is 354 g/mol. The van der Waals surface area contributed by atoms with Crippen molar-refractivity contribution in [1.82, 2.24) is 10.6 Å². The minimum absolute atomic E-state index is 0.0403. The number of aromatic nitrogens is 2. The van der Waals surface area contributed by atoms with Gasteiger partial charge in [-0.3, -0.25) is 19.4 Å². The van der Waals surface area contributed by atoms with Gasteiger partial charge in [-0.1, -0.05) is 49.0 Å². The molecule has 2 N–H and O–H groups in total. The Morgan fingerprint density at radius 2 is 2.08 bits per heavy atom. The van der Waals surface area contributed by atoms with Gasteiger partial charge in [0.2, 0.25) is 16.3 Å². The highest BCUT2D eigenvalue weighted by Gasteiger charge is 2.24. The van der Waals surface area contributed by atoms with Crippen LogP contribution in [0.5, 0.6) is 0 Å². The van der Waals surface area contributed by atoms with Gasteiger partial charge in [-0.2, -0.15) is 5.01 Å². The molecule has 9 heteroatoms. The molecule has 0 spiro atoms. The van der Waals surface area contributed by atoms with Crippen molar-refractivity contribution < 1.29 is 18.9 Å². The third-order valence-corrected chi connectivity index (χ3v) is 5.17. The number of nitrogens with one attached hydrogen (secondary N) is 2. The Labute approximate surface area is 155 Å². The summed E-state index contributed by atoms with van der Waals surface area (Å²) in [6.45, 7) is 5.18. The fourth-order valence-corrected chi connectivity index (χ4v) is 3.32. The molecular formula is C17H22N5O3S+. The molecule has 0 radical (unpaired) electrons. The number of thioether (sulfide) groups is 1. The topological polar surface area (TPSA) is 91.4 Å². The van der Waals surface area contributed by atoms with Crippen LogP contribution >= 0.6 is 11.8 Å². The lowest BCUT2D eigenvalue weighted by molar-refractivity contribution is -0.758. The van der Waals surface area contributed by atoms with Crippen LogP contribution in [0.15, 0.2) is 41.1 Å². The van der Waals surface area contributed by atoms with Gasteiger partial charge in [0.25, 0.3) is 6.20 Å². The van der Waals surface area contributed by atoms with E-state index in [9.17, 15) is 9.59 Å². The van der Waals surface area contributed by atoms with E-state index in [0.29, 0.717) is 17.2 Å². The Balaban J connectivity index is 1.48. The third kappa shape index (κ3) is 4.83. The fraction of sp³-hybridized carbons (Fsp3) is 0.412. The summed E-state index contributed by atoms with van der Waals surface area (Å²) in [5, 5.41) is 11.9. The summed E-state index contributed by atoms with van der Waals surface area (Å²) in [6.07, 6.45) is 1.65. The number of rotatable bonds is 6. The van der Waals surface area contributed by atoms with Crippen molar-refractivity contribution in [3.63, 3.8) is 0 Å². The van der Waals surface area contributed by atoms with Crippen LogP contribution in [0.1, 0.15) is 17.3 Å². The molecule has 1 saturated heterocycles. The molecule has 2 aromatic rings. The number of nitrogens with zero attached hydrogens (tertiary/aromatic N) is 3. The molecule has 1 atom stereocenters. The maximum absolute atomic E-state index is 12.3. The number of piperazine rings is 1. The number of amides is 1. The van der Waals surface area contributed by atoms with E-state index in [-0.39, 0.29) is 16.9 Å². The van der Waals surface area contributed by atoms with Crippen LogP contribution in [0, 0.1) is 5.92 Å². The monoisotopic (exact) mass is 376 g/mol. The molecule has 1 aromatic heterocycles. The number of carbonyl (C=O) groups excluding carboxylic acids is 2. The van der Waals surface area contributed by atoms with Gasteiger partial charge in [0.05, 0.1) is 17.9 Å². The van der Waals surface area contributed by atoms with E-state index in [0.717, 1.165) is 37.9 Å². The highest BCUT2D eigenvalue weighted by Crippen LogP contribution is 2.16. The van der Waals surface area contributed by atoms with Gasteiger partial charge in [0.15, 0.2) is 0 Å². The van der Waals surface area contributed by atoms with Crippen molar-refractivity contribution in [3.05, 3.63) is 42.1 Å². The molecule has 2 heterocycles. The zero-order chi connectivity index (χ0) is 18.4. The maximum Gasteiger partial charge on any atom is 0.305 e. The van der Waals surface area contributed by atoms with E-state index in [1.54, 1.807) is 30.0 Å². The zero-order valence-corrected chi connectivity index (χ0v) is 15.4. The molecule has 138 valence electrons. The Morgan fingerprint density at radius 1 is 1.35 bits per heavy atom. The van der Waals surface area contributed by atoms with Gasteiger partial charge in [0.1, 0.15) is 0 Å². The van der Waals surface area contributed by atoms with Gasteiger partial charge in [0, 0.05) is 30.3 Å². The first kappa shape index (κ1) is 18.4. The van der Waals surface area contributed by atoms with Crippen LogP contribution < -0.4 is 20.4 Å². The number of hydrogen-bond acceptors (Lipinski definition) is 7. The summed E-state index contributed by atoms with van der Waals surface area (Å²) in [7, 11) is 0. The third-order valence-electron chi connectivity index (χ3n) is 4.01. The molecule has 0 aliphatic carbocycles. The lowest BCUT2D eigenvalue weighted by atomic mass is 10.2. The molecule has 1 fully saturated rings. The fourth-order valence-electron chi connectivity index (χ4n) is 2.46. The lowest BCUT2D eigenvalue weighted by Crippen LogP contribution is -2.64. The lowest BCUT2D eigenvalue weighted by Gasteiger charge is -2.19. The minimum atomic E-state index is -0.342. The van der Waals surface area contributed by atoms with E-state index >= 15 is 0 Å². The Kier molecular flexibility index (Phi) is 6.24. The molecule has 0 bridgehead atoms. The van der Waals surface area contributed by atoms with Gasteiger partial charge in [-0.25, -0.2) is 0 Å². The Bertz CT molecular complexity index is 746. The Hall–Kier alpha value is -2.39. The van der Waals surface area contributed by atoms with Crippen molar-refractivity contribution in [1.29, 1.82) is 0 Å². The van der Waals surface area contributed by atoms with Crippen molar-refractivity contribution in [3.8, 4) is 0 Å². The predicted octanol–water partition coefficient (Wildman–Crippen LogP) is 0.651. The maximum atomic E-state index is 12.3. The van der Waals surface area contributed by atoms with Crippen molar-refractivity contribution in [2.24, 2.45) is 5.92 Å². The zero-order valence-electron chi connectivity index (χ0n) is 14.6. The van der Waals surface area contributed by atoms with Crippen LogP contribution in [0.2, 0.25) is 0 Å². The number of benzene rings is 1. The summed E-state index contributed by atoms with van der Waals surface area (Å²) in [6, 6.07) is 9.04. The molecule has 0 unspecified atom stereocenters. The van der Waals surface area contributed by atoms with E-state index in [4.69, 9.17) is 4.52 Å². The van der Waals surface area contributed by atoms with Gasteiger partial charge < -0.3 is 5.32 Å². The number of carbonyl (C=O) groups is 2. The van der Waals surface area contributed by atoms with Crippen molar-refractivity contribution >= 4 is 28.7 Å². The van der Waals surface area contributed by atoms with E-state index < -0.39 is 0 Å². The summed E-state index contributed by atoms with van der Waals surface area (Å²) >= 11 is 1.14. The van der Waals surface area contributed by atoms with Crippen LogP contribution in [-0.2, 0) is 4.79 Å². The predicted molar refractivity (Wildman–Crippen MR) is 98.5 cm³/mol. The van der Waals surface area contributed by atoms with Crippen molar-refractivity contribution in [2.45, 2.75) is 6.92 Å². The van der Waals surface area contributed by atoms with Crippen LogP contribution in [0.25, 0.3) is 0 Å². The van der Waals surface area contributed by atoms with Crippen LogP contribution in [-0.4, -0.2) is 48.2 Å². The molecule has 1 amide bonds. The average molecular weight is 376 g/mol. The van der Waals surface area contributed by atoms with Gasteiger partial charge >= 0.3 is 5.88 Å². The summed E-state index contributed by atoms with van der Waals surface area (Å²) in [5.41, 5.74) is 0.636. The van der Waals surface area contributed by atoms with E-state index in [1.807, 2.05) is 23.2 Å². The highest BCUT2D eigenvalue weighted by atomic mass is 32.2. The molecule has 1 aliphatic rings. The number of hydrogen-bond donors (Lipinski definition) is 2. The minimum Gasteiger partial charge on any atom is -0.313 e.